The van der Waals surface area contributed by atoms with Crippen molar-refractivity contribution in [3.05, 3.63) is 64.2 Å². The highest BCUT2D eigenvalue weighted by Gasteiger charge is 2.25. The third kappa shape index (κ3) is 4.80. The second-order valence-electron chi connectivity index (χ2n) is 6.72. The Balaban J connectivity index is 1.50. The van der Waals surface area contributed by atoms with E-state index in [1.54, 1.807) is 34.1 Å². The van der Waals surface area contributed by atoms with Crippen LogP contribution in [0.1, 0.15) is 21.5 Å². The summed E-state index contributed by atoms with van der Waals surface area (Å²) in [5.41, 5.74) is 2.89. The van der Waals surface area contributed by atoms with Gasteiger partial charge in [-0.3, -0.25) is 9.59 Å². The van der Waals surface area contributed by atoms with Crippen LogP contribution in [0.15, 0.2) is 42.5 Å². The van der Waals surface area contributed by atoms with Gasteiger partial charge in [0.2, 0.25) is 0 Å². The summed E-state index contributed by atoms with van der Waals surface area (Å²) in [6, 6.07) is 12.7. The Morgan fingerprint density at radius 3 is 2.33 bits per heavy atom. The number of hydrogen-bond acceptors (Lipinski definition) is 3. The van der Waals surface area contributed by atoms with Gasteiger partial charge in [-0.2, -0.15) is 0 Å². The van der Waals surface area contributed by atoms with Crippen LogP contribution in [-0.4, -0.2) is 54.4 Å². The van der Waals surface area contributed by atoms with E-state index in [9.17, 15) is 9.59 Å². The van der Waals surface area contributed by atoms with Crippen LogP contribution in [-0.2, 0) is 4.79 Å². The van der Waals surface area contributed by atoms with Gasteiger partial charge in [0.1, 0.15) is 5.75 Å². The van der Waals surface area contributed by atoms with Crippen molar-refractivity contribution in [1.29, 1.82) is 0 Å². The fourth-order valence-electron chi connectivity index (χ4n) is 3.00. The topological polar surface area (TPSA) is 49.9 Å². The van der Waals surface area contributed by atoms with Crippen LogP contribution in [0.3, 0.4) is 0 Å². The maximum Gasteiger partial charge on any atom is 0.260 e. The largest absolute Gasteiger partial charge is 0.484 e. The second-order valence-corrected chi connectivity index (χ2v) is 7.15. The number of halogens is 1. The number of hydrogen-bond donors (Lipinski definition) is 0. The quantitative estimate of drug-likeness (QED) is 0.809. The molecule has 2 amide bonds. The molecule has 1 aliphatic heterocycles. The van der Waals surface area contributed by atoms with Crippen molar-refractivity contribution in [3.8, 4) is 5.75 Å². The Bertz CT molecular complexity index is 845. The van der Waals surface area contributed by atoms with Gasteiger partial charge in [-0.25, -0.2) is 0 Å². The van der Waals surface area contributed by atoms with Gasteiger partial charge in [0, 0.05) is 36.8 Å². The number of rotatable bonds is 4. The van der Waals surface area contributed by atoms with E-state index in [2.05, 4.69) is 0 Å². The molecule has 0 bridgehead atoms. The average molecular weight is 387 g/mol. The van der Waals surface area contributed by atoms with Crippen molar-refractivity contribution in [1.82, 2.24) is 9.80 Å². The SMILES string of the molecule is Cc1ccc(OCC(=O)N2CCN(C(=O)c3cccc(Cl)c3)CC2)cc1C. The first kappa shape index (κ1) is 19.2. The van der Waals surface area contributed by atoms with Crippen LogP contribution in [0.25, 0.3) is 0 Å². The molecule has 0 aliphatic carbocycles. The molecule has 0 saturated carbocycles. The van der Waals surface area contributed by atoms with Crippen LogP contribution in [0.4, 0.5) is 0 Å². The van der Waals surface area contributed by atoms with Crippen molar-refractivity contribution in [2.75, 3.05) is 32.8 Å². The minimum Gasteiger partial charge on any atom is -0.484 e. The molecule has 0 atom stereocenters. The summed E-state index contributed by atoms with van der Waals surface area (Å²) in [4.78, 5) is 28.4. The molecule has 1 fully saturated rings. The molecule has 3 rings (SSSR count). The van der Waals surface area contributed by atoms with Gasteiger partial charge in [0.15, 0.2) is 6.61 Å². The fourth-order valence-corrected chi connectivity index (χ4v) is 3.19. The summed E-state index contributed by atoms with van der Waals surface area (Å²) in [5, 5.41) is 0.540. The van der Waals surface area contributed by atoms with Crippen molar-refractivity contribution >= 4 is 23.4 Å². The number of carbonyl (C=O) groups is 2. The number of ether oxygens (including phenoxy) is 1. The highest BCUT2D eigenvalue weighted by Crippen LogP contribution is 2.17. The predicted molar refractivity (Wildman–Crippen MR) is 105 cm³/mol. The van der Waals surface area contributed by atoms with Crippen LogP contribution in [0.2, 0.25) is 5.02 Å². The first-order valence-corrected chi connectivity index (χ1v) is 9.34. The number of benzene rings is 2. The lowest BCUT2D eigenvalue weighted by Gasteiger charge is -2.34. The molecule has 1 aliphatic rings. The van der Waals surface area contributed by atoms with Gasteiger partial charge in [0.25, 0.3) is 11.8 Å². The van der Waals surface area contributed by atoms with Gasteiger partial charge >= 0.3 is 0 Å². The first-order chi connectivity index (χ1) is 12.9. The Morgan fingerprint density at radius 2 is 1.67 bits per heavy atom. The van der Waals surface area contributed by atoms with E-state index in [1.807, 2.05) is 32.0 Å². The molecule has 0 spiro atoms. The van der Waals surface area contributed by atoms with Crippen molar-refractivity contribution in [2.24, 2.45) is 0 Å². The molecule has 2 aromatic carbocycles. The summed E-state index contributed by atoms with van der Waals surface area (Å²) in [7, 11) is 0. The molecule has 0 N–H and O–H groups in total. The maximum absolute atomic E-state index is 12.5. The van der Waals surface area contributed by atoms with Gasteiger partial charge in [-0.05, 0) is 55.3 Å². The van der Waals surface area contributed by atoms with Crippen LogP contribution < -0.4 is 4.74 Å². The number of amides is 2. The molecule has 0 radical (unpaired) electrons. The highest BCUT2D eigenvalue weighted by atomic mass is 35.5. The van der Waals surface area contributed by atoms with E-state index in [4.69, 9.17) is 16.3 Å². The second kappa shape index (κ2) is 8.44. The first-order valence-electron chi connectivity index (χ1n) is 8.97. The van der Waals surface area contributed by atoms with E-state index in [0.717, 1.165) is 5.56 Å². The molecule has 5 nitrogen and oxygen atoms in total. The van der Waals surface area contributed by atoms with Gasteiger partial charge in [-0.1, -0.05) is 23.7 Å². The van der Waals surface area contributed by atoms with Crippen LogP contribution in [0.5, 0.6) is 5.75 Å². The van der Waals surface area contributed by atoms with E-state index in [-0.39, 0.29) is 18.4 Å². The summed E-state index contributed by atoms with van der Waals surface area (Å²) in [5.74, 6) is 0.570. The number of nitrogens with zero attached hydrogens (tertiary/aromatic N) is 2. The molecular formula is C21H23ClN2O3. The summed E-state index contributed by atoms with van der Waals surface area (Å²) in [6.45, 7) is 6.06. The zero-order chi connectivity index (χ0) is 19.4. The molecule has 6 heteroatoms. The zero-order valence-corrected chi connectivity index (χ0v) is 16.3. The van der Waals surface area contributed by atoms with Crippen molar-refractivity contribution in [2.45, 2.75) is 13.8 Å². The minimum absolute atomic E-state index is 0.00470. The van der Waals surface area contributed by atoms with Gasteiger partial charge in [-0.15, -0.1) is 0 Å². The number of piperazine rings is 1. The molecule has 2 aromatic rings. The Morgan fingerprint density at radius 1 is 0.963 bits per heavy atom. The van der Waals surface area contributed by atoms with E-state index < -0.39 is 0 Å². The Kier molecular flexibility index (Phi) is 6.01. The van der Waals surface area contributed by atoms with Gasteiger partial charge < -0.3 is 14.5 Å². The summed E-state index contributed by atoms with van der Waals surface area (Å²) >= 11 is 5.96. The summed E-state index contributed by atoms with van der Waals surface area (Å²) < 4.78 is 5.63. The molecule has 1 heterocycles. The lowest BCUT2D eigenvalue weighted by molar-refractivity contribution is -0.134. The number of carbonyl (C=O) groups excluding carboxylic acids is 2. The third-order valence-corrected chi connectivity index (χ3v) is 5.07. The molecule has 142 valence electrons. The standard InChI is InChI=1S/C21H23ClN2O3/c1-15-6-7-19(12-16(15)2)27-14-20(25)23-8-10-24(11-9-23)21(26)17-4-3-5-18(22)13-17/h3-7,12-13H,8-11,14H2,1-2H3. The maximum atomic E-state index is 12.5. The van der Waals surface area contributed by atoms with Crippen LogP contribution >= 0.6 is 11.6 Å². The summed E-state index contributed by atoms with van der Waals surface area (Å²) in [6.07, 6.45) is 0. The molecule has 1 saturated heterocycles. The number of aryl methyl sites for hydroxylation is 2. The van der Waals surface area contributed by atoms with Crippen molar-refractivity contribution in [3.63, 3.8) is 0 Å². The molecule has 0 unspecified atom stereocenters. The van der Waals surface area contributed by atoms with E-state index >= 15 is 0 Å². The predicted octanol–water partition coefficient (Wildman–Crippen LogP) is 3.32. The molecular weight excluding hydrogens is 364 g/mol. The average Bonchev–Trinajstić information content (AvgIpc) is 2.68. The fraction of sp³-hybridized carbons (Fsp3) is 0.333. The van der Waals surface area contributed by atoms with E-state index in [1.165, 1.54) is 5.56 Å². The van der Waals surface area contributed by atoms with Crippen molar-refractivity contribution < 1.29 is 14.3 Å². The van der Waals surface area contributed by atoms with E-state index in [0.29, 0.717) is 42.5 Å². The van der Waals surface area contributed by atoms with Gasteiger partial charge in [0.05, 0.1) is 0 Å². The van der Waals surface area contributed by atoms with Crippen LogP contribution in [0, 0.1) is 13.8 Å². The minimum atomic E-state index is -0.0666. The zero-order valence-electron chi connectivity index (χ0n) is 15.6. The lowest BCUT2D eigenvalue weighted by atomic mass is 10.1. The Hall–Kier alpha value is -2.53. The third-order valence-electron chi connectivity index (χ3n) is 4.83. The smallest absolute Gasteiger partial charge is 0.260 e. The lowest BCUT2D eigenvalue weighted by Crippen LogP contribution is -2.51. The Labute approximate surface area is 164 Å². The highest BCUT2D eigenvalue weighted by molar-refractivity contribution is 6.30. The monoisotopic (exact) mass is 386 g/mol. The molecule has 0 aromatic heterocycles. The molecule has 27 heavy (non-hydrogen) atoms. The normalized spacial score (nSPS) is 14.2.